The third-order valence-corrected chi connectivity index (χ3v) is 2.18. The maximum atomic E-state index is 9.05. The summed E-state index contributed by atoms with van der Waals surface area (Å²) < 4.78 is 0. The number of rotatable bonds is 2. The fourth-order valence-electron chi connectivity index (χ4n) is 1.49. The molecule has 2 rings (SSSR count). The number of hydrogen-bond donors (Lipinski definition) is 1. The molecule has 0 aliphatic carbocycles. The highest BCUT2D eigenvalue weighted by molar-refractivity contribution is 6.48. The fourth-order valence-corrected chi connectivity index (χ4v) is 1.49. The number of hydrogen-bond acceptors (Lipinski definition) is 1. The van der Waals surface area contributed by atoms with Crippen molar-refractivity contribution in [3.05, 3.63) is 54.6 Å². The first kappa shape index (κ1) is 9.04. The zero-order chi connectivity index (χ0) is 9.80. The fraction of sp³-hybridized carbons (Fsp3) is 0. The van der Waals surface area contributed by atoms with Gasteiger partial charge in [0.15, 0.2) is 0 Å². The van der Waals surface area contributed by atoms with Crippen LogP contribution < -0.4 is 5.46 Å². The van der Waals surface area contributed by atoms with Crippen LogP contribution in [-0.2, 0) is 0 Å². The Bertz CT molecular complexity index is 412. The molecule has 0 amide bonds. The van der Waals surface area contributed by atoms with Gasteiger partial charge in [0.05, 0.1) is 0 Å². The van der Waals surface area contributed by atoms with Crippen LogP contribution in [-0.4, -0.2) is 12.5 Å². The van der Waals surface area contributed by atoms with Gasteiger partial charge in [0.2, 0.25) is 0 Å². The van der Waals surface area contributed by atoms with Crippen LogP contribution in [0.5, 0.6) is 0 Å². The van der Waals surface area contributed by atoms with Gasteiger partial charge in [-0.1, -0.05) is 54.6 Å². The lowest BCUT2D eigenvalue weighted by atomic mass is 9.82. The van der Waals surface area contributed by atoms with E-state index in [9.17, 15) is 0 Å². The molecule has 67 valence electrons. The SMILES string of the molecule is O[B]c1ccccc1-c1ccccc1. The molecule has 0 unspecified atom stereocenters. The highest BCUT2D eigenvalue weighted by atomic mass is 16.2. The molecular weight excluding hydrogens is 171 g/mol. The summed E-state index contributed by atoms with van der Waals surface area (Å²) in [6.45, 7) is 0. The Hall–Kier alpha value is -1.54. The summed E-state index contributed by atoms with van der Waals surface area (Å²) in [7, 11) is 1.14. The first-order valence-electron chi connectivity index (χ1n) is 4.53. The van der Waals surface area contributed by atoms with Gasteiger partial charge in [-0.3, -0.25) is 0 Å². The first-order chi connectivity index (χ1) is 6.92. The lowest BCUT2D eigenvalue weighted by Crippen LogP contribution is -2.15. The van der Waals surface area contributed by atoms with Crippen LogP contribution in [0.1, 0.15) is 0 Å². The van der Waals surface area contributed by atoms with E-state index in [1.165, 1.54) is 0 Å². The van der Waals surface area contributed by atoms with Crippen molar-refractivity contribution in [3.8, 4) is 11.1 Å². The summed E-state index contributed by atoms with van der Waals surface area (Å²) in [5, 5.41) is 9.05. The molecule has 1 N–H and O–H groups in total. The Kier molecular flexibility index (Phi) is 2.66. The van der Waals surface area contributed by atoms with E-state index in [0.717, 1.165) is 24.1 Å². The summed E-state index contributed by atoms with van der Waals surface area (Å²) in [5.41, 5.74) is 3.02. The predicted octanol–water partition coefficient (Wildman–Crippen LogP) is 1.59. The average Bonchev–Trinajstić information content (AvgIpc) is 2.30. The smallest absolute Gasteiger partial charge is 0.327 e. The van der Waals surface area contributed by atoms with Crippen LogP contribution in [0.25, 0.3) is 11.1 Å². The van der Waals surface area contributed by atoms with E-state index < -0.39 is 0 Å². The van der Waals surface area contributed by atoms with Gasteiger partial charge in [-0.25, -0.2) is 0 Å². The van der Waals surface area contributed by atoms with Gasteiger partial charge in [-0.2, -0.15) is 0 Å². The second-order valence-corrected chi connectivity index (χ2v) is 3.08. The van der Waals surface area contributed by atoms with Crippen molar-refractivity contribution < 1.29 is 5.02 Å². The molecule has 0 bridgehead atoms. The average molecular weight is 181 g/mol. The summed E-state index contributed by atoms with van der Waals surface area (Å²) >= 11 is 0. The highest BCUT2D eigenvalue weighted by Gasteiger charge is 2.02. The lowest BCUT2D eigenvalue weighted by molar-refractivity contribution is 0.615. The van der Waals surface area contributed by atoms with Gasteiger partial charge >= 0.3 is 7.48 Å². The van der Waals surface area contributed by atoms with E-state index in [2.05, 4.69) is 0 Å². The largest absolute Gasteiger partial charge is 0.450 e. The quantitative estimate of drug-likeness (QED) is 0.697. The van der Waals surface area contributed by atoms with Crippen molar-refractivity contribution in [2.24, 2.45) is 0 Å². The van der Waals surface area contributed by atoms with Crippen molar-refractivity contribution in [2.75, 3.05) is 0 Å². The molecule has 2 heteroatoms. The molecule has 14 heavy (non-hydrogen) atoms. The van der Waals surface area contributed by atoms with Crippen molar-refractivity contribution in [3.63, 3.8) is 0 Å². The summed E-state index contributed by atoms with van der Waals surface area (Å²) in [6.07, 6.45) is 0. The van der Waals surface area contributed by atoms with Crippen LogP contribution in [0.15, 0.2) is 54.6 Å². The maximum Gasteiger partial charge on any atom is 0.327 e. The summed E-state index contributed by atoms with van der Waals surface area (Å²) in [6, 6.07) is 17.8. The molecule has 0 heterocycles. The molecule has 2 aromatic carbocycles. The summed E-state index contributed by atoms with van der Waals surface area (Å²) in [4.78, 5) is 0. The molecule has 0 saturated heterocycles. The van der Waals surface area contributed by atoms with E-state index in [-0.39, 0.29) is 0 Å². The van der Waals surface area contributed by atoms with Crippen LogP contribution in [0.4, 0.5) is 0 Å². The van der Waals surface area contributed by atoms with Crippen LogP contribution >= 0.6 is 0 Å². The zero-order valence-corrected chi connectivity index (χ0v) is 7.72. The minimum atomic E-state index is 0.846. The molecule has 0 aliphatic rings. The molecule has 0 fully saturated rings. The molecule has 0 aromatic heterocycles. The second-order valence-electron chi connectivity index (χ2n) is 3.08. The zero-order valence-electron chi connectivity index (χ0n) is 7.72. The number of benzene rings is 2. The molecule has 0 aliphatic heterocycles. The van der Waals surface area contributed by atoms with Gasteiger partial charge < -0.3 is 5.02 Å². The molecule has 2 aromatic rings. The minimum Gasteiger partial charge on any atom is -0.450 e. The van der Waals surface area contributed by atoms with E-state index in [0.29, 0.717) is 0 Å². The molecule has 0 spiro atoms. The lowest BCUT2D eigenvalue weighted by Gasteiger charge is -2.05. The normalized spacial score (nSPS) is 9.79. The Labute approximate surface area is 84.3 Å². The van der Waals surface area contributed by atoms with Gasteiger partial charge in [0.1, 0.15) is 0 Å². The van der Waals surface area contributed by atoms with Crippen molar-refractivity contribution >= 4 is 12.9 Å². The van der Waals surface area contributed by atoms with Crippen molar-refractivity contribution in [1.29, 1.82) is 0 Å². The van der Waals surface area contributed by atoms with Gasteiger partial charge in [0.25, 0.3) is 0 Å². The maximum absolute atomic E-state index is 9.05. The molecule has 0 atom stereocenters. The molecule has 1 radical (unpaired) electrons. The minimum absolute atomic E-state index is 0.846. The third-order valence-electron chi connectivity index (χ3n) is 2.18. The predicted molar refractivity (Wildman–Crippen MR) is 59.5 cm³/mol. The van der Waals surface area contributed by atoms with E-state index in [1.807, 2.05) is 54.6 Å². The van der Waals surface area contributed by atoms with E-state index >= 15 is 0 Å². The summed E-state index contributed by atoms with van der Waals surface area (Å²) in [5.74, 6) is 0. The van der Waals surface area contributed by atoms with Crippen molar-refractivity contribution in [1.82, 2.24) is 0 Å². The second kappa shape index (κ2) is 4.12. The van der Waals surface area contributed by atoms with Gasteiger partial charge in [-0.05, 0) is 16.6 Å². The highest BCUT2D eigenvalue weighted by Crippen LogP contribution is 2.15. The molecular formula is C12H10BO. The Balaban J connectivity index is 2.51. The van der Waals surface area contributed by atoms with E-state index in [4.69, 9.17) is 5.02 Å². The Morgan fingerprint density at radius 1 is 0.786 bits per heavy atom. The van der Waals surface area contributed by atoms with E-state index in [1.54, 1.807) is 0 Å². The standard InChI is InChI=1S/C12H10BO/c14-13-12-9-5-4-8-11(12)10-6-2-1-3-7-10/h1-9,14H. The Morgan fingerprint density at radius 2 is 1.43 bits per heavy atom. The van der Waals surface area contributed by atoms with Crippen LogP contribution in [0.3, 0.4) is 0 Å². The van der Waals surface area contributed by atoms with Crippen LogP contribution in [0, 0.1) is 0 Å². The van der Waals surface area contributed by atoms with Gasteiger partial charge in [-0.15, -0.1) is 0 Å². The van der Waals surface area contributed by atoms with Crippen LogP contribution in [0.2, 0.25) is 0 Å². The topological polar surface area (TPSA) is 20.2 Å². The van der Waals surface area contributed by atoms with Gasteiger partial charge in [0, 0.05) is 0 Å². The van der Waals surface area contributed by atoms with Crippen molar-refractivity contribution in [2.45, 2.75) is 0 Å². The Morgan fingerprint density at radius 3 is 2.14 bits per heavy atom. The molecule has 1 nitrogen and oxygen atoms in total. The third kappa shape index (κ3) is 1.70. The monoisotopic (exact) mass is 181 g/mol. The first-order valence-corrected chi connectivity index (χ1v) is 4.53. The molecule has 0 saturated carbocycles.